The van der Waals surface area contributed by atoms with Gasteiger partial charge in [-0.25, -0.2) is 9.50 Å². The number of hydrogen-bond acceptors (Lipinski definition) is 4. The minimum Gasteiger partial charge on any atom is -0.325 e. The summed E-state index contributed by atoms with van der Waals surface area (Å²) < 4.78 is 1.77. The quantitative estimate of drug-likeness (QED) is 0.712. The lowest BCUT2D eigenvalue weighted by Gasteiger charge is -2.02. The first-order valence-corrected chi connectivity index (χ1v) is 5.32. The standard InChI is InChI=1S/C12H11N5/c13-6-10-8-15-12-4-3-11(16-17(10)12)9-2-1-5-14-7-9/h1-5,7-8H,6,13H2. The Morgan fingerprint density at radius 2 is 2.12 bits per heavy atom. The van der Waals surface area contributed by atoms with E-state index in [0.29, 0.717) is 6.54 Å². The van der Waals surface area contributed by atoms with Crippen LogP contribution in [-0.4, -0.2) is 19.6 Å². The number of pyridine rings is 1. The van der Waals surface area contributed by atoms with Crippen molar-refractivity contribution >= 4 is 5.65 Å². The molecule has 0 fully saturated rings. The molecule has 3 rings (SSSR count). The van der Waals surface area contributed by atoms with Gasteiger partial charge in [0.2, 0.25) is 0 Å². The lowest BCUT2D eigenvalue weighted by Crippen LogP contribution is -2.04. The Hall–Kier alpha value is -2.27. The Morgan fingerprint density at radius 3 is 2.88 bits per heavy atom. The minimum absolute atomic E-state index is 0.421. The van der Waals surface area contributed by atoms with Gasteiger partial charge in [0.1, 0.15) is 0 Å². The maximum Gasteiger partial charge on any atom is 0.153 e. The van der Waals surface area contributed by atoms with Crippen molar-refractivity contribution < 1.29 is 0 Å². The molecular formula is C12H11N5. The molecule has 3 aromatic heterocycles. The SMILES string of the molecule is NCc1cnc2ccc(-c3cccnc3)nn12. The molecule has 3 heterocycles. The second-order valence-electron chi connectivity index (χ2n) is 3.68. The smallest absolute Gasteiger partial charge is 0.153 e. The van der Waals surface area contributed by atoms with Gasteiger partial charge >= 0.3 is 0 Å². The number of nitrogens with two attached hydrogens (primary N) is 1. The zero-order chi connectivity index (χ0) is 11.7. The second-order valence-corrected chi connectivity index (χ2v) is 3.68. The molecule has 0 saturated heterocycles. The molecule has 84 valence electrons. The molecule has 0 bridgehead atoms. The molecule has 5 heteroatoms. The second kappa shape index (κ2) is 3.95. The van der Waals surface area contributed by atoms with Gasteiger partial charge in [0.05, 0.1) is 17.6 Å². The van der Waals surface area contributed by atoms with E-state index in [1.54, 1.807) is 23.1 Å². The van der Waals surface area contributed by atoms with E-state index in [9.17, 15) is 0 Å². The summed E-state index contributed by atoms with van der Waals surface area (Å²) in [5.74, 6) is 0. The average molecular weight is 225 g/mol. The molecule has 3 aromatic rings. The van der Waals surface area contributed by atoms with Crippen LogP contribution in [0.1, 0.15) is 5.69 Å². The fraction of sp³-hybridized carbons (Fsp3) is 0.0833. The van der Waals surface area contributed by atoms with Crippen LogP contribution in [0.2, 0.25) is 0 Å². The number of aromatic nitrogens is 4. The van der Waals surface area contributed by atoms with Gasteiger partial charge in [-0.1, -0.05) is 0 Å². The van der Waals surface area contributed by atoms with Crippen molar-refractivity contribution in [2.24, 2.45) is 5.73 Å². The van der Waals surface area contributed by atoms with Gasteiger partial charge in [0.15, 0.2) is 5.65 Å². The molecule has 0 aliphatic carbocycles. The summed E-state index contributed by atoms with van der Waals surface area (Å²) in [7, 11) is 0. The van der Waals surface area contributed by atoms with Gasteiger partial charge in [-0.3, -0.25) is 4.98 Å². The predicted molar refractivity (Wildman–Crippen MR) is 64.1 cm³/mol. The van der Waals surface area contributed by atoms with Gasteiger partial charge in [0.25, 0.3) is 0 Å². The molecule has 0 aliphatic heterocycles. The van der Waals surface area contributed by atoms with E-state index >= 15 is 0 Å². The van der Waals surface area contributed by atoms with Crippen molar-refractivity contribution in [1.82, 2.24) is 19.6 Å². The molecule has 0 radical (unpaired) electrons. The fourth-order valence-corrected chi connectivity index (χ4v) is 1.73. The molecule has 0 aliphatic rings. The van der Waals surface area contributed by atoms with Crippen molar-refractivity contribution in [2.75, 3.05) is 0 Å². The Balaban J connectivity index is 2.19. The van der Waals surface area contributed by atoms with Crippen molar-refractivity contribution in [3.63, 3.8) is 0 Å². The Morgan fingerprint density at radius 1 is 1.18 bits per heavy atom. The van der Waals surface area contributed by atoms with Crippen molar-refractivity contribution in [2.45, 2.75) is 6.54 Å². The topological polar surface area (TPSA) is 69.1 Å². The Labute approximate surface area is 97.9 Å². The summed E-state index contributed by atoms with van der Waals surface area (Å²) >= 11 is 0. The van der Waals surface area contributed by atoms with Crippen LogP contribution in [0.25, 0.3) is 16.9 Å². The van der Waals surface area contributed by atoms with E-state index in [0.717, 1.165) is 22.6 Å². The summed E-state index contributed by atoms with van der Waals surface area (Å²) in [5, 5.41) is 4.51. The van der Waals surface area contributed by atoms with Gasteiger partial charge in [-0.05, 0) is 24.3 Å². The van der Waals surface area contributed by atoms with Crippen LogP contribution >= 0.6 is 0 Å². The number of imidazole rings is 1. The van der Waals surface area contributed by atoms with E-state index in [-0.39, 0.29) is 0 Å². The third-order valence-electron chi connectivity index (χ3n) is 2.60. The predicted octanol–water partition coefficient (Wildman–Crippen LogP) is 1.25. The maximum atomic E-state index is 5.64. The fourth-order valence-electron chi connectivity index (χ4n) is 1.73. The molecule has 0 spiro atoms. The molecule has 0 saturated carbocycles. The Kier molecular flexibility index (Phi) is 2.31. The number of hydrogen-bond donors (Lipinski definition) is 1. The highest BCUT2D eigenvalue weighted by Gasteiger charge is 2.05. The first-order valence-electron chi connectivity index (χ1n) is 5.32. The molecule has 0 unspecified atom stereocenters. The number of rotatable bonds is 2. The normalized spacial score (nSPS) is 10.9. The summed E-state index contributed by atoms with van der Waals surface area (Å²) in [5.41, 5.74) is 9.17. The van der Waals surface area contributed by atoms with Crippen molar-refractivity contribution in [3.05, 3.63) is 48.5 Å². The zero-order valence-corrected chi connectivity index (χ0v) is 9.11. The van der Waals surface area contributed by atoms with Crippen LogP contribution in [-0.2, 0) is 6.54 Å². The van der Waals surface area contributed by atoms with Crippen LogP contribution in [0.5, 0.6) is 0 Å². The van der Waals surface area contributed by atoms with E-state index in [4.69, 9.17) is 5.73 Å². The number of fused-ring (bicyclic) bond motifs is 1. The minimum atomic E-state index is 0.421. The van der Waals surface area contributed by atoms with Crippen LogP contribution in [0.15, 0.2) is 42.9 Å². The van der Waals surface area contributed by atoms with Gasteiger partial charge in [-0.15, -0.1) is 0 Å². The molecular weight excluding hydrogens is 214 g/mol. The lowest BCUT2D eigenvalue weighted by atomic mass is 10.2. The monoisotopic (exact) mass is 225 g/mol. The van der Waals surface area contributed by atoms with Gasteiger partial charge < -0.3 is 5.73 Å². The highest BCUT2D eigenvalue weighted by atomic mass is 15.3. The molecule has 5 nitrogen and oxygen atoms in total. The molecule has 0 aromatic carbocycles. The third-order valence-corrected chi connectivity index (χ3v) is 2.60. The van der Waals surface area contributed by atoms with Crippen LogP contribution < -0.4 is 5.73 Å². The maximum absolute atomic E-state index is 5.64. The van der Waals surface area contributed by atoms with E-state index in [1.165, 1.54) is 0 Å². The highest BCUT2D eigenvalue weighted by Crippen LogP contribution is 2.16. The Bertz CT molecular complexity index is 644. The van der Waals surface area contributed by atoms with Crippen LogP contribution in [0, 0.1) is 0 Å². The average Bonchev–Trinajstić information content (AvgIpc) is 2.81. The largest absolute Gasteiger partial charge is 0.325 e. The van der Waals surface area contributed by atoms with Gasteiger partial charge in [0, 0.05) is 24.5 Å². The summed E-state index contributed by atoms with van der Waals surface area (Å²) in [6, 6.07) is 7.72. The van der Waals surface area contributed by atoms with Crippen molar-refractivity contribution in [3.8, 4) is 11.3 Å². The van der Waals surface area contributed by atoms with E-state index in [1.807, 2.05) is 24.3 Å². The summed E-state index contributed by atoms with van der Waals surface area (Å²) in [6.45, 7) is 0.421. The summed E-state index contributed by atoms with van der Waals surface area (Å²) in [6.07, 6.45) is 5.27. The lowest BCUT2D eigenvalue weighted by molar-refractivity contribution is 0.849. The molecule has 2 N–H and O–H groups in total. The van der Waals surface area contributed by atoms with Crippen molar-refractivity contribution in [1.29, 1.82) is 0 Å². The molecule has 0 amide bonds. The first kappa shape index (κ1) is 9.92. The third kappa shape index (κ3) is 1.66. The van der Waals surface area contributed by atoms with Crippen LogP contribution in [0.3, 0.4) is 0 Å². The van der Waals surface area contributed by atoms with E-state index in [2.05, 4.69) is 15.1 Å². The highest BCUT2D eigenvalue weighted by molar-refractivity contribution is 5.59. The number of nitrogens with zero attached hydrogens (tertiary/aromatic N) is 4. The van der Waals surface area contributed by atoms with E-state index < -0.39 is 0 Å². The molecule has 0 atom stereocenters. The first-order chi connectivity index (χ1) is 8.38. The molecule has 17 heavy (non-hydrogen) atoms. The van der Waals surface area contributed by atoms with Gasteiger partial charge in [-0.2, -0.15) is 5.10 Å². The van der Waals surface area contributed by atoms with Crippen LogP contribution in [0.4, 0.5) is 0 Å². The zero-order valence-electron chi connectivity index (χ0n) is 9.11. The summed E-state index contributed by atoms with van der Waals surface area (Å²) in [4.78, 5) is 8.31.